The molecule has 22 heavy (non-hydrogen) atoms. The van der Waals surface area contributed by atoms with Crippen LogP contribution in [0, 0.1) is 10.8 Å². The van der Waals surface area contributed by atoms with Gasteiger partial charge in [0.25, 0.3) is 0 Å². The Hall–Kier alpha value is -0.720. The summed E-state index contributed by atoms with van der Waals surface area (Å²) in [5.41, 5.74) is 0.657. The smallest absolute Gasteiger partial charge is 0.222 e. The van der Waals surface area contributed by atoms with Crippen molar-refractivity contribution >= 4 is 28.9 Å². The average molecular weight is 420 g/mol. The fourth-order valence-corrected chi connectivity index (χ4v) is 3.20. The van der Waals surface area contributed by atoms with Crippen LogP contribution in [0.1, 0.15) is 41.0 Å². The summed E-state index contributed by atoms with van der Waals surface area (Å²) in [6.45, 7) is 22.1. The molecule has 1 fully saturated rings. The number of nitrogens with zero attached hydrogens (tertiary/aromatic N) is 2. The molecule has 0 aromatic rings. The zero-order chi connectivity index (χ0) is 17.1. The standard InChI is InChI=1S/C17H29IN2O2/c1-8-15(21)20-11-9-19(10-12-20)13(2)16(4,5)17(6,7)14(3)22-18/h2-3,8-12H2,1,4-7H3. The highest BCUT2D eigenvalue weighted by Gasteiger charge is 2.44. The van der Waals surface area contributed by atoms with E-state index in [2.05, 4.69) is 45.8 Å². The van der Waals surface area contributed by atoms with E-state index in [-0.39, 0.29) is 16.7 Å². The van der Waals surface area contributed by atoms with E-state index in [1.54, 1.807) is 0 Å². The Labute approximate surface area is 149 Å². The van der Waals surface area contributed by atoms with Gasteiger partial charge in [0.1, 0.15) is 5.76 Å². The molecule has 1 saturated heterocycles. The average Bonchev–Trinajstić information content (AvgIpc) is 2.52. The molecular weight excluding hydrogens is 391 g/mol. The predicted molar refractivity (Wildman–Crippen MR) is 99.4 cm³/mol. The van der Waals surface area contributed by atoms with Gasteiger partial charge in [0.2, 0.25) is 5.91 Å². The van der Waals surface area contributed by atoms with Gasteiger partial charge in [0.15, 0.2) is 23.0 Å². The topological polar surface area (TPSA) is 32.8 Å². The highest BCUT2D eigenvalue weighted by atomic mass is 127. The van der Waals surface area contributed by atoms with E-state index in [0.717, 1.165) is 37.6 Å². The van der Waals surface area contributed by atoms with Crippen LogP contribution in [0.5, 0.6) is 0 Å². The van der Waals surface area contributed by atoms with Gasteiger partial charge in [-0.25, -0.2) is 0 Å². The third kappa shape index (κ3) is 3.60. The number of piperazine rings is 1. The lowest BCUT2D eigenvalue weighted by Crippen LogP contribution is -2.51. The predicted octanol–water partition coefficient (Wildman–Crippen LogP) is 3.99. The molecule has 0 spiro atoms. The molecule has 1 amide bonds. The molecule has 0 saturated carbocycles. The number of allylic oxidation sites excluding steroid dienone is 2. The van der Waals surface area contributed by atoms with Gasteiger partial charge in [-0.2, -0.15) is 0 Å². The molecule has 1 aliphatic rings. The van der Waals surface area contributed by atoms with Crippen LogP contribution in [0.3, 0.4) is 0 Å². The number of rotatable bonds is 6. The minimum atomic E-state index is -0.234. The fraction of sp³-hybridized carbons (Fsp3) is 0.706. The van der Waals surface area contributed by atoms with E-state index < -0.39 is 0 Å². The van der Waals surface area contributed by atoms with Crippen LogP contribution in [0.2, 0.25) is 0 Å². The molecule has 4 nitrogen and oxygen atoms in total. The first-order chi connectivity index (χ1) is 10.1. The third-order valence-electron chi connectivity index (χ3n) is 5.39. The molecule has 0 atom stereocenters. The second-order valence-corrected chi connectivity index (χ2v) is 7.36. The maximum Gasteiger partial charge on any atom is 0.222 e. The Balaban J connectivity index is 2.80. The van der Waals surface area contributed by atoms with Crippen molar-refractivity contribution in [2.24, 2.45) is 10.8 Å². The van der Waals surface area contributed by atoms with Gasteiger partial charge in [-0.05, 0) is 0 Å². The van der Waals surface area contributed by atoms with Gasteiger partial charge in [0.05, 0.1) is 0 Å². The van der Waals surface area contributed by atoms with Crippen molar-refractivity contribution in [3.63, 3.8) is 0 Å². The molecule has 0 aromatic heterocycles. The van der Waals surface area contributed by atoms with Crippen molar-refractivity contribution in [2.75, 3.05) is 26.2 Å². The molecule has 0 bridgehead atoms. The molecule has 0 aliphatic carbocycles. The maximum atomic E-state index is 11.8. The van der Waals surface area contributed by atoms with Crippen LogP contribution in [-0.2, 0) is 7.86 Å². The van der Waals surface area contributed by atoms with Crippen molar-refractivity contribution in [3.8, 4) is 0 Å². The van der Waals surface area contributed by atoms with Gasteiger partial charge in [-0.1, -0.05) is 47.8 Å². The van der Waals surface area contributed by atoms with E-state index in [0.29, 0.717) is 6.42 Å². The lowest BCUT2D eigenvalue weighted by Gasteiger charge is -2.48. The van der Waals surface area contributed by atoms with Crippen molar-refractivity contribution in [2.45, 2.75) is 41.0 Å². The second kappa shape index (κ2) is 7.23. The number of hydrogen-bond donors (Lipinski definition) is 0. The molecule has 126 valence electrons. The second-order valence-electron chi connectivity index (χ2n) is 6.92. The summed E-state index contributed by atoms with van der Waals surface area (Å²) in [7, 11) is 0. The Morgan fingerprint density at radius 1 is 1.05 bits per heavy atom. The Morgan fingerprint density at radius 3 is 1.91 bits per heavy atom. The van der Waals surface area contributed by atoms with Crippen LogP contribution in [-0.4, -0.2) is 41.9 Å². The summed E-state index contributed by atoms with van der Waals surface area (Å²) in [5.74, 6) is 0.982. The highest BCUT2D eigenvalue weighted by molar-refractivity contribution is 14.1. The van der Waals surface area contributed by atoms with Gasteiger partial charge < -0.3 is 12.9 Å². The number of amides is 1. The van der Waals surface area contributed by atoms with E-state index in [4.69, 9.17) is 3.07 Å². The first-order valence-electron chi connectivity index (χ1n) is 7.79. The van der Waals surface area contributed by atoms with Crippen LogP contribution in [0.15, 0.2) is 24.6 Å². The van der Waals surface area contributed by atoms with Crippen molar-refractivity contribution < 1.29 is 7.86 Å². The lowest BCUT2D eigenvalue weighted by molar-refractivity contribution is -0.132. The van der Waals surface area contributed by atoms with E-state index in [9.17, 15) is 4.79 Å². The molecule has 0 N–H and O–H groups in total. The highest BCUT2D eigenvalue weighted by Crippen LogP contribution is 2.49. The molecule has 1 heterocycles. The first-order valence-corrected chi connectivity index (χ1v) is 8.67. The molecule has 5 heteroatoms. The van der Waals surface area contributed by atoms with Gasteiger partial charge >= 0.3 is 0 Å². The summed E-state index contributed by atoms with van der Waals surface area (Å²) in [4.78, 5) is 16.0. The van der Waals surface area contributed by atoms with Gasteiger partial charge in [-0.3, -0.25) is 4.79 Å². The first kappa shape index (κ1) is 19.3. The van der Waals surface area contributed by atoms with Crippen LogP contribution in [0.4, 0.5) is 0 Å². The summed E-state index contributed by atoms with van der Waals surface area (Å²) in [6, 6.07) is 0. The minimum Gasteiger partial charge on any atom is -0.432 e. The van der Waals surface area contributed by atoms with Gasteiger partial charge in [0, 0.05) is 49.1 Å². The molecule has 1 aliphatic heterocycles. The number of halogens is 1. The Kier molecular flexibility index (Phi) is 6.36. The molecular formula is C17H29IN2O2. The fourth-order valence-electron chi connectivity index (χ4n) is 2.65. The van der Waals surface area contributed by atoms with E-state index in [1.165, 1.54) is 0 Å². The maximum absolute atomic E-state index is 11.8. The van der Waals surface area contributed by atoms with Crippen LogP contribution in [0.25, 0.3) is 0 Å². The lowest BCUT2D eigenvalue weighted by atomic mass is 9.65. The minimum absolute atomic E-state index is 0.188. The summed E-state index contributed by atoms with van der Waals surface area (Å²) < 4.78 is 5.36. The van der Waals surface area contributed by atoms with Crippen molar-refractivity contribution in [3.05, 3.63) is 24.6 Å². The van der Waals surface area contributed by atoms with E-state index in [1.807, 2.05) is 34.8 Å². The summed E-state index contributed by atoms with van der Waals surface area (Å²) >= 11 is 1.88. The van der Waals surface area contributed by atoms with E-state index >= 15 is 0 Å². The zero-order valence-electron chi connectivity index (χ0n) is 14.5. The van der Waals surface area contributed by atoms with Crippen LogP contribution < -0.4 is 0 Å². The molecule has 1 rings (SSSR count). The normalized spacial score (nSPS) is 16.5. The number of hydrogen-bond acceptors (Lipinski definition) is 3. The third-order valence-corrected chi connectivity index (χ3v) is 5.92. The molecule has 0 unspecified atom stereocenters. The SMILES string of the molecule is C=C(OI)C(C)(C)C(C)(C)C(=C)N1CCN(C(=O)CC)CC1. The largest absolute Gasteiger partial charge is 0.432 e. The summed E-state index contributed by atoms with van der Waals surface area (Å²) in [5, 5.41) is 0. The number of carbonyl (C=O) groups excluding carboxylic acids is 1. The van der Waals surface area contributed by atoms with Crippen molar-refractivity contribution in [1.29, 1.82) is 0 Å². The number of carbonyl (C=O) groups is 1. The monoisotopic (exact) mass is 420 g/mol. The van der Waals surface area contributed by atoms with Crippen LogP contribution >= 0.6 is 23.0 Å². The Bertz CT molecular complexity index is 450. The quantitative estimate of drug-likeness (QED) is 0.481. The molecule has 0 radical (unpaired) electrons. The summed E-state index contributed by atoms with van der Waals surface area (Å²) in [6.07, 6.45) is 0.576. The zero-order valence-corrected chi connectivity index (χ0v) is 16.7. The Morgan fingerprint density at radius 2 is 1.50 bits per heavy atom. The molecule has 0 aromatic carbocycles. The van der Waals surface area contributed by atoms with Gasteiger partial charge in [-0.15, -0.1) is 0 Å². The van der Waals surface area contributed by atoms with Crippen molar-refractivity contribution in [1.82, 2.24) is 9.80 Å².